The van der Waals surface area contributed by atoms with Crippen LogP contribution in [0.15, 0.2) is 36.4 Å². The summed E-state index contributed by atoms with van der Waals surface area (Å²) in [6.07, 6.45) is 2.02. The highest BCUT2D eigenvalue weighted by atomic mass is 127. The number of fused-ring (bicyclic) bond motifs is 1. The van der Waals surface area contributed by atoms with Gasteiger partial charge >= 0.3 is 0 Å². The summed E-state index contributed by atoms with van der Waals surface area (Å²) < 4.78 is 1.39. The van der Waals surface area contributed by atoms with Crippen molar-refractivity contribution < 1.29 is 0 Å². The van der Waals surface area contributed by atoms with Crippen molar-refractivity contribution in [3.8, 4) is 11.5 Å². The molecule has 0 heterocycles. The first kappa shape index (κ1) is 20.5. The summed E-state index contributed by atoms with van der Waals surface area (Å²) in [5, 5.41) is 2.69. The van der Waals surface area contributed by atoms with Crippen molar-refractivity contribution in [3.05, 3.63) is 45.5 Å². The molecule has 0 aliphatic heterocycles. The molecule has 0 N–H and O–H groups in total. The van der Waals surface area contributed by atoms with Crippen molar-refractivity contribution in [1.82, 2.24) is 0 Å². The van der Waals surface area contributed by atoms with Gasteiger partial charge in [-0.1, -0.05) is 77.9 Å². The van der Waals surface area contributed by atoms with Crippen LogP contribution in [0, 0.1) is 15.0 Å². The van der Waals surface area contributed by atoms with Crippen molar-refractivity contribution in [2.45, 2.75) is 71.0 Å². The van der Waals surface area contributed by atoms with Crippen molar-refractivity contribution in [3.63, 3.8) is 0 Å². The largest absolute Gasteiger partial charge is 0.145 e. The molecule has 0 aliphatic rings. The molecule has 0 amide bonds. The van der Waals surface area contributed by atoms with Crippen molar-refractivity contribution >= 4 is 41.4 Å². The van der Waals surface area contributed by atoms with Gasteiger partial charge in [0.15, 0.2) is 0 Å². The van der Waals surface area contributed by atoms with Gasteiger partial charge in [0, 0.05) is 9.99 Å². The Labute approximate surface area is 168 Å². The van der Waals surface area contributed by atoms with E-state index in [2.05, 4.69) is 112 Å². The first-order valence-corrected chi connectivity index (χ1v) is 12.8. The molecule has 2 rings (SSSR count). The highest BCUT2D eigenvalue weighted by molar-refractivity contribution is 14.1. The highest BCUT2D eigenvalue weighted by Gasteiger charge is 2.41. The van der Waals surface area contributed by atoms with Crippen molar-refractivity contribution in [1.29, 1.82) is 0 Å². The third-order valence-corrected chi connectivity index (χ3v) is 13.2. The Kier molecular flexibility index (Phi) is 7.16. The molecule has 134 valence electrons. The maximum Gasteiger partial charge on any atom is 0.145 e. The number of rotatable bonds is 5. The van der Waals surface area contributed by atoms with Gasteiger partial charge in [-0.2, -0.15) is 0 Å². The molecule has 2 heteroatoms. The van der Waals surface area contributed by atoms with Gasteiger partial charge in [-0.15, -0.1) is 11.5 Å². The van der Waals surface area contributed by atoms with Gasteiger partial charge in [-0.25, -0.2) is 0 Å². The molecule has 0 radical (unpaired) electrons. The van der Waals surface area contributed by atoms with Gasteiger partial charge in [0.05, 0.1) is 0 Å². The van der Waals surface area contributed by atoms with E-state index in [1.165, 1.54) is 19.9 Å². The van der Waals surface area contributed by atoms with E-state index in [4.69, 9.17) is 0 Å². The molecular formula is C23H31ISi. The van der Waals surface area contributed by atoms with Crippen LogP contribution in [0.25, 0.3) is 10.8 Å². The lowest BCUT2D eigenvalue weighted by Gasteiger charge is -2.38. The lowest BCUT2D eigenvalue weighted by atomic mass is 10.0. The minimum absolute atomic E-state index is 0.709. The molecule has 0 saturated heterocycles. The zero-order chi connectivity index (χ0) is 18.6. The molecule has 0 aromatic heterocycles. The Morgan fingerprint density at radius 1 is 0.880 bits per heavy atom. The van der Waals surface area contributed by atoms with Crippen LogP contribution in [0.4, 0.5) is 0 Å². The van der Waals surface area contributed by atoms with E-state index < -0.39 is 8.07 Å². The van der Waals surface area contributed by atoms with E-state index in [1.807, 2.05) is 0 Å². The van der Waals surface area contributed by atoms with Gasteiger partial charge in [0.25, 0.3) is 0 Å². The molecule has 2 aromatic rings. The SMILES string of the molecule is CC(C)[Si](C#CCCc1ccc2ccccc2c1I)(C(C)C)C(C)C. The minimum Gasteiger partial charge on any atom is -0.130 e. The Balaban J connectivity index is 2.20. The van der Waals surface area contributed by atoms with Crippen LogP contribution in [0.3, 0.4) is 0 Å². The molecule has 25 heavy (non-hydrogen) atoms. The van der Waals surface area contributed by atoms with Gasteiger partial charge in [-0.3, -0.25) is 0 Å². The second-order valence-electron chi connectivity index (χ2n) is 7.96. The predicted molar refractivity (Wildman–Crippen MR) is 124 cm³/mol. The predicted octanol–water partition coefficient (Wildman–Crippen LogP) is 7.60. The zero-order valence-corrected chi connectivity index (χ0v) is 19.6. The maximum absolute atomic E-state index is 3.84. The molecule has 2 aromatic carbocycles. The maximum atomic E-state index is 3.84. The second kappa shape index (κ2) is 8.73. The van der Waals surface area contributed by atoms with Crippen LogP contribution in [0.5, 0.6) is 0 Å². The summed E-state index contributed by atoms with van der Waals surface area (Å²) in [4.78, 5) is 0. The molecule has 0 fully saturated rings. The van der Waals surface area contributed by atoms with E-state index in [1.54, 1.807) is 0 Å². The van der Waals surface area contributed by atoms with Crippen LogP contribution in [0.1, 0.15) is 53.5 Å². The molecule has 0 aliphatic carbocycles. The Bertz CT molecular complexity index is 756. The fourth-order valence-electron chi connectivity index (χ4n) is 4.32. The molecule has 0 unspecified atom stereocenters. The summed E-state index contributed by atoms with van der Waals surface area (Å²) in [5.41, 5.74) is 7.40. The van der Waals surface area contributed by atoms with E-state index in [0.29, 0.717) is 16.6 Å². The summed E-state index contributed by atoms with van der Waals surface area (Å²) in [5.74, 6) is 3.60. The molecular weight excluding hydrogens is 431 g/mol. The summed E-state index contributed by atoms with van der Waals surface area (Å²) in [6, 6.07) is 13.2. The second-order valence-corrected chi connectivity index (χ2v) is 14.6. The van der Waals surface area contributed by atoms with Crippen molar-refractivity contribution in [2.24, 2.45) is 0 Å². The molecule has 0 atom stereocenters. The fraction of sp³-hybridized carbons (Fsp3) is 0.478. The van der Waals surface area contributed by atoms with Crippen LogP contribution < -0.4 is 0 Å². The molecule has 0 bridgehead atoms. The fourth-order valence-corrected chi connectivity index (χ4v) is 10.6. The normalized spacial score (nSPS) is 12.1. The summed E-state index contributed by atoms with van der Waals surface area (Å²) in [6.45, 7) is 14.3. The molecule has 0 nitrogen and oxygen atoms in total. The van der Waals surface area contributed by atoms with E-state index in [0.717, 1.165) is 12.8 Å². The molecule has 0 spiro atoms. The third-order valence-electron chi connectivity index (χ3n) is 5.63. The number of hydrogen-bond acceptors (Lipinski definition) is 0. The lowest BCUT2D eigenvalue weighted by Crippen LogP contribution is -2.43. The Morgan fingerprint density at radius 2 is 1.48 bits per heavy atom. The monoisotopic (exact) mass is 462 g/mol. The Hall–Kier alpha value is -0.793. The van der Waals surface area contributed by atoms with Crippen LogP contribution in [-0.4, -0.2) is 8.07 Å². The lowest BCUT2D eigenvalue weighted by molar-refractivity contribution is 0.838. The third kappa shape index (κ3) is 4.31. The zero-order valence-electron chi connectivity index (χ0n) is 16.5. The summed E-state index contributed by atoms with van der Waals surface area (Å²) >= 11 is 2.50. The van der Waals surface area contributed by atoms with E-state index in [9.17, 15) is 0 Å². The first-order chi connectivity index (χ1) is 11.8. The van der Waals surface area contributed by atoms with E-state index >= 15 is 0 Å². The topological polar surface area (TPSA) is 0 Å². The van der Waals surface area contributed by atoms with Gasteiger partial charge in [-0.05, 0) is 62.0 Å². The number of benzene rings is 2. The minimum atomic E-state index is -1.59. The van der Waals surface area contributed by atoms with Gasteiger partial charge in [0.1, 0.15) is 8.07 Å². The first-order valence-electron chi connectivity index (χ1n) is 9.46. The number of hydrogen-bond donors (Lipinski definition) is 0. The standard InChI is InChI=1S/C23H31ISi/c1-17(2)25(18(3)4,19(5)6)16-10-9-12-21-15-14-20-11-7-8-13-22(20)23(21)24/h7-8,11,13-15,17-19H,9,12H2,1-6H3. The molecule has 0 saturated carbocycles. The van der Waals surface area contributed by atoms with Gasteiger partial charge in [0.2, 0.25) is 0 Å². The highest BCUT2D eigenvalue weighted by Crippen LogP contribution is 2.40. The van der Waals surface area contributed by atoms with Crippen molar-refractivity contribution in [2.75, 3.05) is 0 Å². The van der Waals surface area contributed by atoms with Crippen LogP contribution >= 0.6 is 22.6 Å². The van der Waals surface area contributed by atoms with E-state index in [-0.39, 0.29) is 0 Å². The van der Waals surface area contributed by atoms with Gasteiger partial charge < -0.3 is 0 Å². The average molecular weight is 462 g/mol. The average Bonchev–Trinajstić information content (AvgIpc) is 2.56. The number of aryl methyl sites for hydroxylation is 1. The number of halogens is 1. The quantitative estimate of drug-likeness (QED) is 0.244. The van der Waals surface area contributed by atoms with Crippen LogP contribution in [-0.2, 0) is 6.42 Å². The summed E-state index contributed by atoms with van der Waals surface area (Å²) in [7, 11) is -1.59. The van der Waals surface area contributed by atoms with Crippen LogP contribution in [0.2, 0.25) is 16.6 Å². The smallest absolute Gasteiger partial charge is 0.130 e. The Morgan fingerprint density at radius 3 is 2.08 bits per heavy atom.